The van der Waals surface area contributed by atoms with E-state index in [0.29, 0.717) is 51.4 Å². The standard InChI is InChI=1S/C65H106O30/c1-25-36(69)41(74)47(80)55(86-25)92-50-31(22-67)89-53(49(82)45(50)78)85-24-32-40(73)42(75)48(81)56(90-32)95-59(83)65-18-16-60(3,4)20-28(65)27-10-11-34-62(7)14-13-35(61(5,6)33(62)12-15-64(34,9)63(27,8)17-19-65)91-58-52(44(77)39(72)30(21-66)88-58)94-57-51(43(76)37(70)26(2)87-57)93-54-46(79)38(71)29(68)23-84-54/h10,25-26,28-58,66-82H,11-24H2,1-9H3/t25-,26-,28-,29+,30+,31+,32+,33-,34+,35-,36-,37-,38-,39+,40+,41+,42-,43+,44-,45+,46+,47+,48+,49+,50+,51+,52+,53+,54-,55-,56-,57-,58-,62-,63+,64+,65-/m0/s1. The molecule has 5 aliphatic carbocycles. The molecule has 6 saturated heterocycles. The van der Waals surface area contributed by atoms with E-state index in [0.717, 1.165) is 12.8 Å². The Labute approximate surface area is 551 Å². The summed E-state index contributed by atoms with van der Waals surface area (Å²) in [6, 6.07) is 0. The van der Waals surface area contributed by atoms with Crippen molar-refractivity contribution in [1.82, 2.24) is 0 Å². The topological polar surface area (TPSA) is 472 Å². The summed E-state index contributed by atoms with van der Waals surface area (Å²) < 4.78 is 72.0. The van der Waals surface area contributed by atoms with Gasteiger partial charge in [0.1, 0.15) is 128 Å². The van der Waals surface area contributed by atoms with Crippen molar-refractivity contribution in [2.45, 2.75) is 311 Å². The molecular formula is C65H106O30. The Morgan fingerprint density at radius 3 is 1.69 bits per heavy atom. The van der Waals surface area contributed by atoms with Crippen molar-refractivity contribution in [2.24, 2.45) is 50.2 Å². The molecule has 0 aromatic rings. The summed E-state index contributed by atoms with van der Waals surface area (Å²) in [7, 11) is 0. The fourth-order valence-corrected chi connectivity index (χ4v) is 19.0. The average Bonchev–Trinajstić information content (AvgIpc) is 0.679. The molecule has 0 bridgehead atoms. The van der Waals surface area contributed by atoms with Crippen LogP contribution in [0.1, 0.15) is 127 Å². The molecule has 6 heterocycles. The Morgan fingerprint density at radius 2 is 1.02 bits per heavy atom. The Balaban J connectivity index is 0.780. The molecule has 546 valence electrons. The summed E-state index contributed by atoms with van der Waals surface area (Å²) in [6.07, 6.45) is -38.9. The van der Waals surface area contributed by atoms with Crippen molar-refractivity contribution in [1.29, 1.82) is 0 Å². The van der Waals surface area contributed by atoms with Gasteiger partial charge in [0, 0.05) is 0 Å². The molecule has 10 fully saturated rings. The van der Waals surface area contributed by atoms with Crippen LogP contribution in [0, 0.1) is 50.2 Å². The van der Waals surface area contributed by atoms with Crippen molar-refractivity contribution < 1.29 is 148 Å². The Morgan fingerprint density at radius 1 is 0.495 bits per heavy atom. The van der Waals surface area contributed by atoms with Gasteiger partial charge in [-0.25, -0.2) is 0 Å². The monoisotopic (exact) mass is 1370 g/mol. The van der Waals surface area contributed by atoms with E-state index in [1.54, 1.807) is 0 Å². The van der Waals surface area contributed by atoms with E-state index >= 15 is 4.79 Å². The van der Waals surface area contributed by atoms with Gasteiger partial charge in [-0.2, -0.15) is 0 Å². The van der Waals surface area contributed by atoms with E-state index in [9.17, 15) is 86.8 Å². The maximum atomic E-state index is 15.3. The molecule has 0 spiro atoms. The van der Waals surface area contributed by atoms with E-state index in [4.69, 9.17) is 56.8 Å². The molecule has 0 aromatic carbocycles. The van der Waals surface area contributed by atoms with E-state index in [1.165, 1.54) is 19.4 Å². The molecule has 11 rings (SSSR count). The largest absolute Gasteiger partial charge is 0.432 e. The lowest BCUT2D eigenvalue weighted by Crippen LogP contribution is -2.67. The van der Waals surface area contributed by atoms with E-state index in [-0.39, 0.29) is 34.0 Å². The first-order chi connectivity index (χ1) is 44.5. The number of hydrogen-bond acceptors (Lipinski definition) is 30. The van der Waals surface area contributed by atoms with E-state index in [2.05, 4.69) is 54.5 Å². The number of allylic oxidation sites excluding steroid dienone is 2. The van der Waals surface area contributed by atoms with Crippen LogP contribution in [0.5, 0.6) is 0 Å². The molecule has 17 N–H and O–H groups in total. The zero-order chi connectivity index (χ0) is 69.3. The van der Waals surface area contributed by atoms with Gasteiger partial charge in [-0.15, -0.1) is 0 Å². The Kier molecular flexibility index (Phi) is 21.7. The van der Waals surface area contributed by atoms with E-state index in [1.807, 2.05) is 0 Å². The highest BCUT2D eigenvalue weighted by Crippen LogP contribution is 2.76. The highest BCUT2D eigenvalue weighted by molar-refractivity contribution is 5.79. The molecule has 6 aliphatic heterocycles. The number of aliphatic hydroxyl groups is 17. The number of carbonyl (C=O) groups excluding carboxylic acids is 1. The van der Waals surface area contributed by atoms with Crippen LogP contribution in [0.3, 0.4) is 0 Å². The zero-order valence-corrected chi connectivity index (χ0v) is 55.4. The van der Waals surface area contributed by atoms with Crippen molar-refractivity contribution >= 4 is 5.97 Å². The van der Waals surface area contributed by atoms with Crippen LogP contribution >= 0.6 is 0 Å². The minimum absolute atomic E-state index is 0.0491. The maximum absolute atomic E-state index is 15.3. The molecule has 0 aromatic heterocycles. The number of carbonyl (C=O) groups is 1. The first-order valence-corrected chi connectivity index (χ1v) is 34.0. The molecular weight excluding hydrogens is 1260 g/mol. The van der Waals surface area contributed by atoms with Crippen LogP contribution in [0.2, 0.25) is 0 Å². The Bertz CT molecular complexity index is 2670. The number of rotatable bonds is 15. The molecule has 0 unspecified atom stereocenters. The van der Waals surface area contributed by atoms with Gasteiger partial charge < -0.3 is 144 Å². The highest BCUT2D eigenvalue weighted by atomic mass is 16.8. The van der Waals surface area contributed by atoms with Crippen LogP contribution in [0.15, 0.2) is 11.6 Å². The number of ether oxygens (including phenoxy) is 12. The second-order valence-electron chi connectivity index (χ2n) is 31.4. The lowest BCUT2D eigenvalue weighted by atomic mass is 9.33. The molecule has 30 nitrogen and oxygen atoms in total. The third-order valence-corrected chi connectivity index (χ3v) is 25.2. The van der Waals surface area contributed by atoms with Gasteiger partial charge in [0.15, 0.2) is 31.5 Å². The minimum Gasteiger partial charge on any atom is -0.432 e. The second kappa shape index (κ2) is 27.7. The normalized spacial score (nSPS) is 54.6. The molecule has 95 heavy (non-hydrogen) atoms. The highest BCUT2D eigenvalue weighted by Gasteiger charge is 2.71. The van der Waals surface area contributed by atoms with Crippen LogP contribution in [-0.4, -0.2) is 303 Å². The fraction of sp³-hybridized carbons (Fsp3) is 0.954. The summed E-state index contributed by atoms with van der Waals surface area (Å²) in [6.45, 7) is 16.0. The molecule has 30 heteroatoms. The van der Waals surface area contributed by atoms with Crippen molar-refractivity contribution in [3.63, 3.8) is 0 Å². The maximum Gasteiger partial charge on any atom is 0.315 e. The van der Waals surface area contributed by atoms with Gasteiger partial charge in [-0.1, -0.05) is 60.1 Å². The number of esters is 1. The minimum atomic E-state index is -1.91. The summed E-state index contributed by atoms with van der Waals surface area (Å²) >= 11 is 0. The second-order valence-corrected chi connectivity index (χ2v) is 31.4. The fourth-order valence-electron chi connectivity index (χ4n) is 19.0. The molecule has 4 saturated carbocycles. The van der Waals surface area contributed by atoms with Crippen LogP contribution in [-0.2, 0) is 61.6 Å². The van der Waals surface area contributed by atoms with Crippen molar-refractivity contribution in [3.05, 3.63) is 11.6 Å². The van der Waals surface area contributed by atoms with Gasteiger partial charge in [0.25, 0.3) is 0 Å². The van der Waals surface area contributed by atoms with Crippen molar-refractivity contribution in [2.75, 3.05) is 26.4 Å². The number of fused-ring (bicyclic) bond motifs is 7. The number of aliphatic hydroxyl groups excluding tert-OH is 17. The first kappa shape index (κ1) is 74.3. The lowest BCUT2D eigenvalue weighted by molar-refractivity contribution is -0.393. The third kappa shape index (κ3) is 12.9. The summed E-state index contributed by atoms with van der Waals surface area (Å²) in [5, 5.41) is 185. The van der Waals surface area contributed by atoms with Crippen LogP contribution < -0.4 is 0 Å². The summed E-state index contributed by atoms with van der Waals surface area (Å²) in [5.74, 6) is -0.744. The van der Waals surface area contributed by atoms with Gasteiger partial charge in [-0.05, 0) is 123 Å². The van der Waals surface area contributed by atoms with Gasteiger partial charge >= 0.3 is 5.97 Å². The number of hydrogen-bond donors (Lipinski definition) is 17. The van der Waals surface area contributed by atoms with Gasteiger partial charge in [0.2, 0.25) is 6.29 Å². The lowest BCUT2D eigenvalue weighted by Gasteiger charge is -2.71. The summed E-state index contributed by atoms with van der Waals surface area (Å²) in [4.78, 5) is 15.3. The van der Waals surface area contributed by atoms with Crippen molar-refractivity contribution in [3.8, 4) is 0 Å². The first-order valence-electron chi connectivity index (χ1n) is 34.0. The molecule has 37 atom stereocenters. The smallest absolute Gasteiger partial charge is 0.315 e. The van der Waals surface area contributed by atoms with Gasteiger partial charge in [-0.3, -0.25) is 4.79 Å². The van der Waals surface area contributed by atoms with Gasteiger partial charge in [0.05, 0.1) is 50.2 Å². The van der Waals surface area contributed by atoms with E-state index < -0.39 is 233 Å². The third-order valence-electron chi connectivity index (χ3n) is 25.2. The molecule has 0 radical (unpaired) electrons. The molecule has 0 amide bonds. The predicted octanol–water partition coefficient (Wildman–Crippen LogP) is -3.69. The van der Waals surface area contributed by atoms with Crippen LogP contribution in [0.4, 0.5) is 0 Å². The quantitative estimate of drug-likeness (QED) is 0.0426. The zero-order valence-electron chi connectivity index (χ0n) is 55.4. The SMILES string of the molecule is C[C@@H]1O[C@@H](O[C@H]2[C@H](O)[C@@H](O)[C@H](OC[C@H]3O[C@@H](OC(=O)[C@]45CCC(C)(C)C[C@H]4C4=CC[C@@H]6[C@@]7(C)CC[C@H](O[C@@H]8O[C@H](CO)[C@@H](O)[C@H](O)[C@H]8O[C@@H]8O[C@@H](C)[C@H](O)[C@@H](O)[C@H]8O[C@@H]8OC[C@@H](O)[C@H](O)[C@H]8O)C(C)(C)[C@@H]7CC[C@@]6(C)[C@]4(C)CC5)[C@H](O)[C@@H](O)[C@@H]3O)O[C@@H]2CO)[C@H](O)[C@H](O)[C@H]1O. The molecule has 11 aliphatic rings. The average molecular weight is 1370 g/mol. The van der Waals surface area contributed by atoms with Crippen LogP contribution in [0.25, 0.3) is 0 Å². The Hall–Kier alpha value is -1.91. The summed E-state index contributed by atoms with van der Waals surface area (Å²) in [5.41, 5.74) is -1.67. The predicted molar refractivity (Wildman–Crippen MR) is 319 cm³/mol.